The topological polar surface area (TPSA) is 96.5 Å². The summed E-state index contributed by atoms with van der Waals surface area (Å²) in [7, 11) is 0. The van der Waals surface area contributed by atoms with Gasteiger partial charge < -0.3 is 20.7 Å². The van der Waals surface area contributed by atoms with Crippen molar-refractivity contribution in [1.82, 2.24) is 5.32 Å². The average Bonchev–Trinajstić information content (AvgIpc) is 2.98. The molecule has 0 aromatic heterocycles. The summed E-state index contributed by atoms with van der Waals surface area (Å²) in [6, 6.07) is 32.4. The molecule has 3 N–H and O–H groups in total. The van der Waals surface area contributed by atoms with Gasteiger partial charge in [-0.2, -0.15) is 0 Å². The lowest BCUT2D eigenvalue weighted by Gasteiger charge is -2.13. The molecule has 8 heteroatoms. The number of hydrogen-bond acceptors (Lipinski definition) is 5. The molecule has 0 aliphatic carbocycles. The lowest BCUT2D eigenvalue weighted by Crippen LogP contribution is -2.30. The van der Waals surface area contributed by atoms with E-state index in [1.165, 1.54) is 11.8 Å². The summed E-state index contributed by atoms with van der Waals surface area (Å²) in [6.45, 7) is 2.33. The van der Waals surface area contributed by atoms with Crippen molar-refractivity contribution in [3.05, 3.63) is 126 Å². The van der Waals surface area contributed by atoms with E-state index in [-0.39, 0.29) is 17.4 Å². The Morgan fingerprint density at radius 3 is 2.20 bits per heavy atom. The highest BCUT2D eigenvalue weighted by Gasteiger charge is 2.16. The van der Waals surface area contributed by atoms with Gasteiger partial charge in [0.15, 0.2) is 0 Å². The first kappa shape index (κ1) is 28.2. The number of hydrogen-bond donors (Lipinski definition) is 3. The minimum Gasteiger partial charge on any atom is -0.493 e. The summed E-state index contributed by atoms with van der Waals surface area (Å²) in [5.41, 5.74) is 2.39. The van der Waals surface area contributed by atoms with Gasteiger partial charge in [0.05, 0.1) is 12.4 Å². The third kappa shape index (κ3) is 8.34. The molecule has 4 rings (SSSR count). The van der Waals surface area contributed by atoms with Crippen molar-refractivity contribution in [3.8, 4) is 5.75 Å². The SMILES string of the molecule is CCOc1ccccc1/C=C(/NC(=O)c1ccccc1)C(=O)Nc1cccc(SCC(=O)Nc2ccccc2)c1. The summed E-state index contributed by atoms with van der Waals surface area (Å²) < 4.78 is 5.70. The summed E-state index contributed by atoms with van der Waals surface area (Å²) >= 11 is 1.35. The Morgan fingerprint density at radius 2 is 1.45 bits per heavy atom. The van der Waals surface area contributed by atoms with Crippen LogP contribution in [0.2, 0.25) is 0 Å². The Hall–Kier alpha value is -4.82. The zero-order chi connectivity index (χ0) is 28.2. The normalized spacial score (nSPS) is 10.9. The van der Waals surface area contributed by atoms with Crippen LogP contribution in [0.5, 0.6) is 5.75 Å². The average molecular weight is 552 g/mol. The molecule has 202 valence electrons. The predicted molar refractivity (Wildman–Crippen MR) is 160 cm³/mol. The van der Waals surface area contributed by atoms with E-state index >= 15 is 0 Å². The van der Waals surface area contributed by atoms with Gasteiger partial charge in [-0.3, -0.25) is 14.4 Å². The fourth-order valence-electron chi connectivity index (χ4n) is 3.71. The third-order valence-corrected chi connectivity index (χ3v) is 6.56. The number of nitrogens with one attached hydrogen (secondary N) is 3. The van der Waals surface area contributed by atoms with Crippen molar-refractivity contribution in [2.24, 2.45) is 0 Å². The number of para-hydroxylation sites is 2. The van der Waals surface area contributed by atoms with E-state index in [4.69, 9.17) is 4.74 Å². The molecule has 4 aromatic carbocycles. The number of carbonyl (C=O) groups excluding carboxylic acids is 3. The van der Waals surface area contributed by atoms with Gasteiger partial charge in [-0.1, -0.05) is 60.7 Å². The van der Waals surface area contributed by atoms with Crippen LogP contribution in [0.15, 0.2) is 120 Å². The number of thioether (sulfide) groups is 1. The first-order chi connectivity index (χ1) is 19.5. The van der Waals surface area contributed by atoms with E-state index in [0.29, 0.717) is 29.2 Å². The van der Waals surface area contributed by atoms with Crippen molar-refractivity contribution in [2.45, 2.75) is 11.8 Å². The highest BCUT2D eigenvalue weighted by Crippen LogP contribution is 2.24. The van der Waals surface area contributed by atoms with Gasteiger partial charge in [0.25, 0.3) is 11.8 Å². The van der Waals surface area contributed by atoms with Crippen LogP contribution < -0.4 is 20.7 Å². The number of benzene rings is 4. The third-order valence-electron chi connectivity index (χ3n) is 5.57. The predicted octanol–water partition coefficient (Wildman–Crippen LogP) is 6.23. The minimum atomic E-state index is -0.500. The number of ether oxygens (including phenoxy) is 1. The van der Waals surface area contributed by atoms with Gasteiger partial charge in [0.1, 0.15) is 11.4 Å². The van der Waals surface area contributed by atoms with Crippen molar-refractivity contribution in [1.29, 1.82) is 0 Å². The second-order valence-electron chi connectivity index (χ2n) is 8.53. The van der Waals surface area contributed by atoms with Gasteiger partial charge in [-0.15, -0.1) is 11.8 Å². The molecule has 40 heavy (non-hydrogen) atoms. The molecule has 0 aliphatic rings. The minimum absolute atomic E-state index is 0.0568. The van der Waals surface area contributed by atoms with Gasteiger partial charge in [0.2, 0.25) is 5.91 Å². The first-order valence-corrected chi connectivity index (χ1v) is 13.7. The monoisotopic (exact) mass is 551 g/mol. The summed E-state index contributed by atoms with van der Waals surface area (Å²) in [6.07, 6.45) is 1.59. The maximum Gasteiger partial charge on any atom is 0.272 e. The molecule has 0 radical (unpaired) electrons. The number of carbonyl (C=O) groups is 3. The maximum atomic E-state index is 13.4. The van der Waals surface area contributed by atoms with E-state index in [2.05, 4.69) is 16.0 Å². The second-order valence-corrected chi connectivity index (χ2v) is 9.58. The molecule has 0 saturated carbocycles. The van der Waals surface area contributed by atoms with Gasteiger partial charge in [-0.25, -0.2) is 0 Å². The largest absolute Gasteiger partial charge is 0.493 e. The Morgan fingerprint density at radius 1 is 0.775 bits per heavy atom. The van der Waals surface area contributed by atoms with Gasteiger partial charge in [-0.05, 0) is 61.5 Å². The molecule has 0 bridgehead atoms. The maximum absolute atomic E-state index is 13.4. The lowest BCUT2D eigenvalue weighted by atomic mass is 10.1. The van der Waals surface area contributed by atoms with E-state index in [0.717, 1.165) is 10.6 Å². The Kier molecular flexibility index (Phi) is 10.1. The highest BCUT2D eigenvalue weighted by atomic mass is 32.2. The zero-order valence-corrected chi connectivity index (χ0v) is 22.7. The Balaban J connectivity index is 1.49. The molecule has 4 aromatic rings. The molecular weight excluding hydrogens is 522 g/mol. The molecule has 0 unspecified atom stereocenters. The van der Waals surface area contributed by atoms with E-state index in [9.17, 15) is 14.4 Å². The van der Waals surface area contributed by atoms with Crippen LogP contribution in [0.1, 0.15) is 22.8 Å². The molecule has 0 atom stereocenters. The first-order valence-electron chi connectivity index (χ1n) is 12.7. The quantitative estimate of drug-likeness (QED) is 0.152. The van der Waals surface area contributed by atoms with Crippen LogP contribution >= 0.6 is 11.8 Å². The van der Waals surface area contributed by atoms with Crippen LogP contribution in [0.3, 0.4) is 0 Å². The van der Waals surface area contributed by atoms with Gasteiger partial charge >= 0.3 is 0 Å². The number of amides is 3. The van der Waals surface area contributed by atoms with Crippen molar-refractivity contribution in [3.63, 3.8) is 0 Å². The van der Waals surface area contributed by atoms with Crippen LogP contribution in [-0.2, 0) is 9.59 Å². The highest BCUT2D eigenvalue weighted by molar-refractivity contribution is 8.00. The van der Waals surface area contributed by atoms with Crippen LogP contribution in [0.25, 0.3) is 6.08 Å². The molecular formula is C32H29N3O4S. The van der Waals surface area contributed by atoms with Crippen molar-refractivity contribution >= 4 is 46.9 Å². The number of anilines is 2. The summed E-state index contributed by atoms with van der Waals surface area (Å²) in [4.78, 5) is 39.5. The molecule has 3 amide bonds. The fourth-order valence-corrected chi connectivity index (χ4v) is 4.47. The van der Waals surface area contributed by atoms with Gasteiger partial charge in [0, 0.05) is 27.4 Å². The smallest absolute Gasteiger partial charge is 0.272 e. The second kappa shape index (κ2) is 14.4. The molecule has 0 heterocycles. The zero-order valence-electron chi connectivity index (χ0n) is 21.9. The summed E-state index contributed by atoms with van der Waals surface area (Å²) in [5.74, 6) is -0.244. The Bertz CT molecular complexity index is 1490. The van der Waals surface area contributed by atoms with Crippen molar-refractivity contribution < 1.29 is 19.1 Å². The molecule has 0 aliphatic heterocycles. The van der Waals surface area contributed by atoms with Crippen LogP contribution in [0, 0.1) is 0 Å². The van der Waals surface area contributed by atoms with Crippen LogP contribution in [0.4, 0.5) is 11.4 Å². The lowest BCUT2D eigenvalue weighted by molar-refractivity contribution is -0.114. The van der Waals surface area contributed by atoms with E-state index in [1.54, 1.807) is 54.6 Å². The molecule has 7 nitrogen and oxygen atoms in total. The standard InChI is InChI=1S/C32H29N3O4S/c1-2-39-29-19-10-9-14-24(29)20-28(35-31(37)23-12-5-3-6-13-23)32(38)34-26-17-11-18-27(21-26)40-22-30(36)33-25-15-7-4-8-16-25/h3-21H,2,22H2,1H3,(H,33,36)(H,34,38)(H,35,37)/b28-20+. The van der Waals surface area contributed by atoms with E-state index < -0.39 is 11.8 Å². The van der Waals surface area contributed by atoms with E-state index in [1.807, 2.05) is 67.6 Å². The summed E-state index contributed by atoms with van der Waals surface area (Å²) in [5, 5.41) is 8.46. The molecule has 0 fully saturated rings. The fraction of sp³-hybridized carbons (Fsp3) is 0.0938. The van der Waals surface area contributed by atoms with Crippen molar-refractivity contribution in [2.75, 3.05) is 23.0 Å². The van der Waals surface area contributed by atoms with Crippen LogP contribution in [-0.4, -0.2) is 30.1 Å². The molecule has 0 saturated heterocycles. The molecule has 0 spiro atoms. The number of rotatable bonds is 11. The Labute approximate surface area is 237 Å².